The minimum absolute atomic E-state index is 0.464. The van der Waals surface area contributed by atoms with E-state index in [1.165, 1.54) is 0 Å². The van der Waals surface area contributed by atoms with E-state index in [-0.39, 0.29) is 0 Å². The highest BCUT2D eigenvalue weighted by molar-refractivity contribution is 6.30. The SMILES string of the molecule is NOCCc1cccnc1Cl. The lowest BCUT2D eigenvalue weighted by molar-refractivity contribution is 0.141. The maximum Gasteiger partial charge on any atom is 0.132 e. The van der Waals surface area contributed by atoms with Gasteiger partial charge in [0.15, 0.2) is 0 Å². The lowest BCUT2D eigenvalue weighted by Gasteiger charge is -2.00. The Kier molecular flexibility index (Phi) is 3.29. The van der Waals surface area contributed by atoms with E-state index in [1.54, 1.807) is 6.20 Å². The van der Waals surface area contributed by atoms with Crippen LogP contribution in [0, 0.1) is 0 Å². The van der Waals surface area contributed by atoms with E-state index in [9.17, 15) is 0 Å². The molecular formula is C7H9ClN2O. The normalized spacial score (nSPS) is 10.0. The van der Waals surface area contributed by atoms with E-state index in [0.29, 0.717) is 18.2 Å². The highest BCUT2D eigenvalue weighted by Crippen LogP contribution is 2.11. The molecule has 1 aromatic heterocycles. The zero-order valence-electron chi connectivity index (χ0n) is 5.96. The van der Waals surface area contributed by atoms with Crippen LogP contribution in [0.4, 0.5) is 0 Å². The van der Waals surface area contributed by atoms with Crippen LogP contribution in [0.2, 0.25) is 5.15 Å². The number of hydrogen-bond acceptors (Lipinski definition) is 3. The maximum absolute atomic E-state index is 5.75. The summed E-state index contributed by atoms with van der Waals surface area (Å²) in [5.41, 5.74) is 0.958. The zero-order valence-corrected chi connectivity index (χ0v) is 6.71. The van der Waals surface area contributed by atoms with Crippen LogP contribution in [0.1, 0.15) is 5.56 Å². The summed E-state index contributed by atoms with van der Waals surface area (Å²) in [7, 11) is 0. The van der Waals surface area contributed by atoms with Gasteiger partial charge in [0.05, 0.1) is 6.61 Å². The van der Waals surface area contributed by atoms with Crippen LogP contribution in [-0.2, 0) is 11.3 Å². The molecule has 1 rings (SSSR count). The highest BCUT2D eigenvalue weighted by atomic mass is 35.5. The monoisotopic (exact) mass is 172 g/mol. The van der Waals surface area contributed by atoms with Gasteiger partial charge < -0.3 is 4.84 Å². The molecule has 0 aromatic carbocycles. The molecule has 0 spiro atoms. The molecule has 1 aromatic rings. The molecule has 3 nitrogen and oxygen atoms in total. The van der Waals surface area contributed by atoms with Crippen LogP contribution in [0.25, 0.3) is 0 Å². The van der Waals surface area contributed by atoms with Gasteiger partial charge in [-0.25, -0.2) is 10.9 Å². The number of halogens is 1. The van der Waals surface area contributed by atoms with E-state index in [1.807, 2.05) is 12.1 Å². The van der Waals surface area contributed by atoms with Crippen LogP contribution < -0.4 is 5.90 Å². The lowest BCUT2D eigenvalue weighted by atomic mass is 10.2. The molecule has 60 valence electrons. The van der Waals surface area contributed by atoms with Gasteiger partial charge in [-0.05, 0) is 11.6 Å². The van der Waals surface area contributed by atoms with Gasteiger partial charge in [-0.3, -0.25) is 0 Å². The van der Waals surface area contributed by atoms with Gasteiger partial charge >= 0.3 is 0 Å². The Bertz CT molecular complexity index is 229. The van der Waals surface area contributed by atoms with Crippen molar-refractivity contribution in [1.29, 1.82) is 0 Å². The lowest BCUT2D eigenvalue weighted by Crippen LogP contribution is -2.04. The molecular weight excluding hydrogens is 164 g/mol. The number of pyridine rings is 1. The predicted molar refractivity (Wildman–Crippen MR) is 43.1 cm³/mol. The summed E-state index contributed by atoms with van der Waals surface area (Å²) in [5, 5.41) is 0.518. The summed E-state index contributed by atoms with van der Waals surface area (Å²) in [5.74, 6) is 4.86. The van der Waals surface area contributed by atoms with Crippen LogP contribution in [0.3, 0.4) is 0 Å². The van der Waals surface area contributed by atoms with Gasteiger partial charge in [0.2, 0.25) is 0 Å². The second-order valence-corrected chi connectivity index (χ2v) is 2.43. The van der Waals surface area contributed by atoms with E-state index in [2.05, 4.69) is 9.82 Å². The van der Waals surface area contributed by atoms with Gasteiger partial charge in [0.1, 0.15) is 5.15 Å². The predicted octanol–water partition coefficient (Wildman–Crippen LogP) is 1.17. The van der Waals surface area contributed by atoms with Gasteiger partial charge in [-0.15, -0.1) is 0 Å². The molecule has 0 unspecified atom stereocenters. The molecule has 11 heavy (non-hydrogen) atoms. The van der Waals surface area contributed by atoms with E-state index in [4.69, 9.17) is 17.5 Å². The first-order valence-electron chi connectivity index (χ1n) is 3.25. The molecule has 0 aliphatic heterocycles. The third-order valence-electron chi connectivity index (χ3n) is 1.33. The van der Waals surface area contributed by atoms with E-state index < -0.39 is 0 Å². The molecule has 0 amide bonds. The molecule has 0 bridgehead atoms. The summed E-state index contributed by atoms with van der Waals surface area (Å²) in [4.78, 5) is 8.32. The van der Waals surface area contributed by atoms with Crippen LogP contribution >= 0.6 is 11.6 Å². The van der Waals surface area contributed by atoms with Crippen molar-refractivity contribution in [2.45, 2.75) is 6.42 Å². The molecule has 2 N–H and O–H groups in total. The third-order valence-corrected chi connectivity index (χ3v) is 1.67. The van der Waals surface area contributed by atoms with Gasteiger partial charge in [-0.2, -0.15) is 0 Å². The third kappa shape index (κ3) is 2.46. The van der Waals surface area contributed by atoms with Gasteiger partial charge in [0, 0.05) is 12.6 Å². The minimum atomic E-state index is 0.464. The van der Waals surface area contributed by atoms with Crippen molar-refractivity contribution in [2.24, 2.45) is 5.90 Å². The molecule has 0 atom stereocenters. The first-order valence-corrected chi connectivity index (χ1v) is 3.63. The van der Waals surface area contributed by atoms with Crippen molar-refractivity contribution in [2.75, 3.05) is 6.61 Å². The minimum Gasteiger partial charge on any atom is -0.304 e. The Labute approximate surface area is 70.1 Å². The fourth-order valence-corrected chi connectivity index (χ4v) is 0.989. The Morgan fingerprint density at radius 2 is 2.45 bits per heavy atom. The van der Waals surface area contributed by atoms with Crippen molar-refractivity contribution in [3.63, 3.8) is 0 Å². The molecule has 0 aliphatic carbocycles. The van der Waals surface area contributed by atoms with Crippen LogP contribution in [0.15, 0.2) is 18.3 Å². The molecule has 4 heteroatoms. The second kappa shape index (κ2) is 4.28. The summed E-state index contributed by atoms with van der Waals surface area (Å²) in [6.07, 6.45) is 2.35. The van der Waals surface area contributed by atoms with Crippen molar-refractivity contribution >= 4 is 11.6 Å². The van der Waals surface area contributed by atoms with Crippen molar-refractivity contribution in [3.05, 3.63) is 29.0 Å². The summed E-state index contributed by atoms with van der Waals surface area (Å²) < 4.78 is 0. The van der Waals surface area contributed by atoms with Crippen LogP contribution in [0.5, 0.6) is 0 Å². The highest BCUT2D eigenvalue weighted by Gasteiger charge is 1.98. The first-order chi connectivity index (χ1) is 5.34. The fraction of sp³-hybridized carbons (Fsp3) is 0.286. The first kappa shape index (κ1) is 8.46. The largest absolute Gasteiger partial charge is 0.304 e. The maximum atomic E-state index is 5.75. The molecule has 0 fully saturated rings. The van der Waals surface area contributed by atoms with Crippen molar-refractivity contribution < 1.29 is 4.84 Å². The Morgan fingerprint density at radius 1 is 1.64 bits per heavy atom. The van der Waals surface area contributed by atoms with Gasteiger partial charge in [0.25, 0.3) is 0 Å². The molecule has 1 heterocycles. The fourth-order valence-electron chi connectivity index (χ4n) is 0.775. The van der Waals surface area contributed by atoms with E-state index in [0.717, 1.165) is 5.56 Å². The van der Waals surface area contributed by atoms with E-state index >= 15 is 0 Å². The topological polar surface area (TPSA) is 48.1 Å². The molecule has 0 aliphatic rings. The summed E-state index contributed by atoms with van der Waals surface area (Å²) >= 11 is 5.75. The quantitative estimate of drug-likeness (QED) is 0.550. The zero-order chi connectivity index (χ0) is 8.10. The molecule has 0 saturated carbocycles. The average molecular weight is 173 g/mol. The Hall–Kier alpha value is -0.640. The number of hydrogen-bond donors (Lipinski definition) is 1. The van der Waals surface area contributed by atoms with Crippen LogP contribution in [-0.4, -0.2) is 11.6 Å². The Balaban J connectivity index is 2.62. The second-order valence-electron chi connectivity index (χ2n) is 2.07. The summed E-state index contributed by atoms with van der Waals surface area (Å²) in [6, 6.07) is 3.73. The summed E-state index contributed by atoms with van der Waals surface area (Å²) in [6.45, 7) is 0.464. The average Bonchev–Trinajstić information content (AvgIpc) is 2.03. The number of nitrogens with two attached hydrogens (primary N) is 1. The number of rotatable bonds is 3. The number of aromatic nitrogens is 1. The van der Waals surface area contributed by atoms with Crippen molar-refractivity contribution in [1.82, 2.24) is 4.98 Å². The molecule has 0 saturated heterocycles. The standard InChI is InChI=1S/C7H9ClN2O/c8-7-6(3-5-11-9)2-1-4-10-7/h1-2,4H,3,5,9H2. The number of nitrogens with zero attached hydrogens (tertiary/aromatic N) is 1. The van der Waals surface area contributed by atoms with Crippen molar-refractivity contribution in [3.8, 4) is 0 Å². The molecule has 0 radical (unpaired) electrons. The Morgan fingerprint density at radius 3 is 3.09 bits per heavy atom. The smallest absolute Gasteiger partial charge is 0.132 e. The van der Waals surface area contributed by atoms with Gasteiger partial charge in [-0.1, -0.05) is 17.7 Å².